The number of benzene rings is 10. The molecular formula is C65H50N2O. The molecule has 2 aromatic heterocycles. The third-order valence-corrected chi connectivity index (χ3v) is 14.7. The molecule has 0 amide bonds. The van der Waals surface area contributed by atoms with Gasteiger partial charge in [0.2, 0.25) is 0 Å². The molecule has 0 atom stereocenters. The van der Waals surface area contributed by atoms with Crippen LogP contribution in [0.2, 0.25) is 0 Å². The summed E-state index contributed by atoms with van der Waals surface area (Å²) in [5.74, 6) is 0.552. The zero-order valence-corrected chi connectivity index (χ0v) is 38.2. The van der Waals surface area contributed by atoms with Crippen LogP contribution < -0.4 is 4.90 Å². The van der Waals surface area contributed by atoms with Gasteiger partial charge in [0.05, 0.1) is 28.1 Å². The lowest BCUT2D eigenvalue weighted by Gasteiger charge is -2.32. The minimum atomic E-state index is 0.552. The minimum Gasteiger partial charge on any atom is -0.456 e. The van der Waals surface area contributed by atoms with Crippen molar-refractivity contribution >= 4 is 71.6 Å². The van der Waals surface area contributed by atoms with Crippen molar-refractivity contribution in [3.05, 3.63) is 230 Å². The number of furan rings is 1. The van der Waals surface area contributed by atoms with E-state index in [0.29, 0.717) is 5.92 Å². The molecule has 1 aliphatic carbocycles. The van der Waals surface area contributed by atoms with Gasteiger partial charge in [0.25, 0.3) is 0 Å². The molecule has 12 aromatic rings. The summed E-state index contributed by atoms with van der Waals surface area (Å²) in [7, 11) is 0. The molecule has 10 aromatic carbocycles. The van der Waals surface area contributed by atoms with Crippen LogP contribution in [-0.2, 0) is 0 Å². The van der Waals surface area contributed by atoms with Gasteiger partial charge in [0.15, 0.2) is 0 Å². The molecule has 3 nitrogen and oxygen atoms in total. The predicted molar refractivity (Wildman–Crippen MR) is 287 cm³/mol. The molecule has 0 radical (unpaired) electrons. The Bertz CT molecular complexity index is 3860. The molecule has 0 aliphatic heterocycles. The van der Waals surface area contributed by atoms with E-state index in [1.807, 2.05) is 6.07 Å². The SMILES string of the molecule is Cc1cccc2c1c1ccc(-c3ccccc3N(c3ccccc3-c3ccc4c(c3)oc3ccccc34)c3ccccc3-c3cccc4cccc(C5CCCCC5)c34)cc1n2-c1ccccc1. The molecule has 68 heavy (non-hydrogen) atoms. The summed E-state index contributed by atoms with van der Waals surface area (Å²) in [6.45, 7) is 2.23. The van der Waals surface area contributed by atoms with Gasteiger partial charge >= 0.3 is 0 Å². The van der Waals surface area contributed by atoms with E-state index in [9.17, 15) is 0 Å². The summed E-state index contributed by atoms with van der Waals surface area (Å²) in [6, 6.07) is 80.5. The monoisotopic (exact) mass is 874 g/mol. The molecule has 0 saturated heterocycles. The predicted octanol–water partition coefficient (Wildman–Crippen LogP) is 18.7. The number of para-hydroxylation sites is 5. The fraction of sp³-hybridized carbons (Fsp3) is 0.108. The fourth-order valence-electron chi connectivity index (χ4n) is 11.6. The summed E-state index contributed by atoms with van der Waals surface area (Å²) < 4.78 is 8.97. The summed E-state index contributed by atoms with van der Waals surface area (Å²) in [6.07, 6.45) is 6.39. The van der Waals surface area contributed by atoms with Crippen molar-refractivity contribution in [1.29, 1.82) is 0 Å². The first-order valence-corrected chi connectivity index (χ1v) is 24.3. The zero-order valence-electron chi connectivity index (χ0n) is 38.2. The first kappa shape index (κ1) is 40.2. The van der Waals surface area contributed by atoms with Crippen LogP contribution in [0.4, 0.5) is 17.1 Å². The van der Waals surface area contributed by atoms with Gasteiger partial charge in [0.1, 0.15) is 11.2 Å². The molecule has 1 saturated carbocycles. The maximum Gasteiger partial charge on any atom is 0.136 e. The van der Waals surface area contributed by atoms with Gasteiger partial charge in [-0.25, -0.2) is 0 Å². The van der Waals surface area contributed by atoms with Crippen LogP contribution in [0.15, 0.2) is 223 Å². The van der Waals surface area contributed by atoms with E-state index in [2.05, 4.69) is 229 Å². The third kappa shape index (κ3) is 6.64. The van der Waals surface area contributed by atoms with Gasteiger partial charge in [-0.15, -0.1) is 0 Å². The Hall–Kier alpha value is -8.14. The van der Waals surface area contributed by atoms with Crippen molar-refractivity contribution in [2.45, 2.75) is 44.9 Å². The van der Waals surface area contributed by atoms with E-state index < -0.39 is 0 Å². The Balaban J connectivity index is 1.07. The highest BCUT2D eigenvalue weighted by atomic mass is 16.3. The molecule has 1 aliphatic rings. The number of aryl methyl sites for hydroxylation is 1. The summed E-state index contributed by atoms with van der Waals surface area (Å²) in [5, 5.41) is 7.47. The van der Waals surface area contributed by atoms with Crippen LogP contribution in [0.25, 0.3) is 93.6 Å². The number of hydrogen-bond acceptors (Lipinski definition) is 2. The van der Waals surface area contributed by atoms with Crippen LogP contribution in [0, 0.1) is 6.92 Å². The van der Waals surface area contributed by atoms with Crippen LogP contribution in [-0.4, -0.2) is 4.57 Å². The fourth-order valence-corrected chi connectivity index (χ4v) is 11.6. The number of aromatic nitrogens is 1. The topological polar surface area (TPSA) is 21.3 Å². The van der Waals surface area contributed by atoms with Crippen LogP contribution in [0.1, 0.15) is 49.1 Å². The highest BCUT2D eigenvalue weighted by molar-refractivity contribution is 6.13. The van der Waals surface area contributed by atoms with E-state index in [1.54, 1.807) is 0 Å². The molecular weight excluding hydrogens is 825 g/mol. The largest absolute Gasteiger partial charge is 0.456 e. The maximum atomic E-state index is 6.53. The molecule has 3 heteroatoms. The number of anilines is 3. The van der Waals surface area contributed by atoms with Gasteiger partial charge in [-0.3, -0.25) is 0 Å². The Morgan fingerprint density at radius 3 is 1.78 bits per heavy atom. The zero-order chi connectivity index (χ0) is 45.1. The highest BCUT2D eigenvalue weighted by Gasteiger charge is 2.26. The Morgan fingerprint density at radius 2 is 1.01 bits per heavy atom. The lowest BCUT2D eigenvalue weighted by molar-refractivity contribution is 0.445. The van der Waals surface area contributed by atoms with E-state index in [1.165, 1.54) is 86.9 Å². The Morgan fingerprint density at radius 1 is 0.426 bits per heavy atom. The molecule has 1 fully saturated rings. The van der Waals surface area contributed by atoms with Crippen molar-refractivity contribution in [1.82, 2.24) is 4.57 Å². The quantitative estimate of drug-likeness (QED) is 0.152. The van der Waals surface area contributed by atoms with Crippen LogP contribution in [0.5, 0.6) is 0 Å². The van der Waals surface area contributed by atoms with Crippen LogP contribution in [0.3, 0.4) is 0 Å². The van der Waals surface area contributed by atoms with Crippen molar-refractivity contribution in [3.8, 4) is 39.1 Å². The highest BCUT2D eigenvalue weighted by Crippen LogP contribution is 2.50. The first-order valence-electron chi connectivity index (χ1n) is 24.3. The molecule has 0 bridgehead atoms. The number of fused-ring (bicyclic) bond motifs is 7. The molecule has 13 rings (SSSR count). The summed E-state index contributed by atoms with van der Waals surface area (Å²) >= 11 is 0. The van der Waals surface area contributed by atoms with E-state index >= 15 is 0 Å². The second kappa shape index (κ2) is 16.6. The summed E-state index contributed by atoms with van der Waals surface area (Å²) in [5.41, 5.74) is 18.4. The third-order valence-electron chi connectivity index (χ3n) is 14.7. The molecule has 2 heterocycles. The van der Waals surface area contributed by atoms with Gasteiger partial charge in [-0.1, -0.05) is 177 Å². The molecule has 0 unspecified atom stereocenters. The second-order valence-corrected chi connectivity index (χ2v) is 18.7. The van der Waals surface area contributed by atoms with Crippen LogP contribution >= 0.6 is 0 Å². The van der Waals surface area contributed by atoms with E-state index in [0.717, 1.165) is 66.9 Å². The minimum absolute atomic E-state index is 0.552. The number of hydrogen-bond donors (Lipinski definition) is 0. The van der Waals surface area contributed by atoms with E-state index in [-0.39, 0.29) is 0 Å². The van der Waals surface area contributed by atoms with E-state index in [4.69, 9.17) is 4.42 Å². The standard InChI is InChI=1S/C65H50N2O/c1-43-19-16-35-60-64(43)56-40-38-46(41-61(56)66(60)48-24-6-3-7-25-48)49-26-8-12-32-57(49)67(58-33-13-9-27-50(58)47-37-39-54-53-29-11-15-36-62(53)68-63(54)42-47)59-34-14-10-28-52(59)55-31-18-23-45-22-17-30-51(65(45)55)44-20-4-2-5-21-44/h3,6-19,22-42,44H,2,4-5,20-21H2,1H3. The Kier molecular flexibility index (Phi) is 9.82. The van der Waals surface area contributed by atoms with Crippen molar-refractivity contribution in [3.63, 3.8) is 0 Å². The first-order chi connectivity index (χ1) is 33.7. The van der Waals surface area contributed by atoms with Crippen molar-refractivity contribution < 1.29 is 4.42 Å². The van der Waals surface area contributed by atoms with Gasteiger partial charge in [0, 0.05) is 43.9 Å². The van der Waals surface area contributed by atoms with Crippen molar-refractivity contribution in [2.24, 2.45) is 0 Å². The molecule has 326 valence electrons. The molecule has 0 N–H and O–H groups in total. The average molecular weight is 875 g/mol. The van der Waals surface area contributed by atoms with Gasteiger partial charge < -0.3 is 13.9 Å². The molecule has 0 spiro atoms. The second-order valence-electron chi connectivity index (χ2n) is 18.7. The van der Waals surface area contributed by atoms with Crippen molar-refractivity contribution in [2.75, 3.05) is 4.90 Å². The number of rotatable bonds is 8. The lowest BCUT2D eigenvalue weighted by atomic mass is 9.80. The normalized spacial score (nSPS) is 13.3. The average Bonchev–Trinajstić information content (AvgIpc) is 3.95. The summed E-state index contributed by atoms with van der Waals surface area (Å²) in [4.78, 5) is 2.53. The van der Waals surface area contributed by atoms with Gasteiger partial charge in [-0.2, -0.15) is 0 Å². The van der Waals surface area contributed by atoms with Gasteiger partial charge in [-0.05, 0) is 125 Å². The smallest absolute Gasteiger partial charge is 0.136 e. The number of nitrogens with zero attached hydrogens (tertiary/aromatic N) is 2. The Labute approximate surface area is 397 Å². The lowest BCUT2D eigenvalue weighted by Crippen LogP contribution is -2.14. The maximum absolute atomic E-state index is 6.53.